The van der Waals surface area contributed by atoms with E-state index < -0.39 is 7.60 Å². The maximum absolute atomic E-state index is 12.2. The highest BCUT2D eigenvalue weighted by atomic mass is 31.2. The zero-order chi connectivity index (χ0) is 20.1. The number of ether oxygens (including phenoxy) is 2. The van der Waals surface area contributed by atoms with Crippen LogP contribution in [0.1, 0.15) is 19.3 Å². The molecule has 0 unspecified atom stereocenters. The Morgan fingerprint density at radius 3 is 2.29 bits per heavy atom. The van der Waals surface area contributed by atoms with Crippen molar-refractivity contribution in [3.8, 4) is 11.5 Å². The van der Waals surface area contributed by atoms with E-state index in [1.54, 1.807) is 20.5 Å². The predicted octanol–water partition coefficient (Wildman–Crippen LogP) is 3.74. The third kappa shape index (κ3) is 4.40. The number of nitrogens with zero attached hydrogens (tertiary/aromatic N) is 3. The highest BCUT2D eigenvalue weighted by Crippen LogP contribution is 2.48. The van der Waals surface area contributed by atoms with E-state index in [2.05, 4.69) is 14.9 Å². The molecule has 0 amide bonds. The largest absolute Gasteiger partial charge is 0.493 e. The summed E-state index contributed by atoms with van der Waals surface area (Å²) in [6.45, 7) is 1.77. The third-order valence-electron chi connectivity index (χ3n) is 5.40. The van der Waals surface area contributed by atoms with Crippen LogP contribution < -0.4 is 14.4 Å². The number of methoxy groups -OCH3 is 2. The van der Waals surface area contributed by atoms with Crippen molar-refractivity contribution in [1.82, 2.24) is 9.97 Å². The first kappa shape index (κ1) is 20.8. The van der Waals surface area contributed by atoms with Crippen LogP contribution in [0.2, 0.25) is 0 Å². The van der Waals surface area contributed by atoms with Crippen molar-refractivity contribution in [2.75, 3.05) is 52.6 Å². The van der Waals surface area contributed by atoms with E-state index in [-0.39, 0.29) is 0 Å². The van der Waals surface area contributed by atoms with E-state index in [0.29, 0.717) is 23.6 Å². The smallest absolute Gasteiger partial charge is 0.330 e. The Hall–Kier alpha value is -1.89. The summed E-state index contributed by atoms with van der Waals surface area (Å²) in [6.07, 6.45) is 4.89. The first-order valence-corrected chi connectivity index (χ1v) is 11.1. The summed E-state index contributed by atoms with van der Waals surface area (Å²) < 4.78 is 33.1. The molecule has 1 saturated heterocycles. The van der Waals surface area contributed by atoms with Crippen molar-refractivity contribution in [3.05, 3.63) is 18.5 Å². The van der Waals surface area contributed by atoms with Gasteiger partial charge < -0.3 is 23.4 Å². The zero-order valence-corrected chi connectivity index (χ0v) is 17.8. The van der Waals surface area contributed by atoms with Crippen LogP contribution in [-0.4, -0.2) is 57.7 Å². The van der Waals surface area contributed by atoms with Gasteiger partial charge in [0.05, 0.1) is 25.9 Å². The Kier molecular flexibility index (Phi) is 6.75. The number of hydrogen-bond donors (Lipinski definition) is 0. The normalized spacial score (nSPS) is 15.8. The van der Waals surface area contributed by atoms with Crippen molar-refractivity contribution in [2.24, 2.45) is 5.92 Å². The maximum Gasteiger partial charge on any atom is 0.330 e. The van der Waals surface area contributed by atoms with Crippen LogP contribution in [0.25, 0.3) is 10.9 Å². The van der Waals surface area contributed by atoms with E-state index in [1.807, 2.05) is 12.1 Å². The first-order chi connectivity index (χ1) is 13.5. The van der Waals surface area contributed by atoms with Crippen LogP contribution in [0.4, 0.5) is 5.82 Å². The fourth-order valence-corrected chi connectivity index (χ4v) is 4.85. The number of benzene rings is 1. The van der Waals surface area contributed by atoms with Gasteiger partial charge in [0, 0.05) is 38.8 Å². The van der Waals surface area contributed by atoms with Crippen molar-refractivity contribution in [3.63, 3.8) is 0 Å². The first-order valence-electron chi connectivity index (χ1n) is 9.35. The molecule has 154 valence electrons. The molecule has 0 atom stereocenters. The van der Waals surface area contributed by atoms with Crippen LogP contribution in [-0.2, 0) is 13.6 Å². The molecule has 1 fully saturated rings. The van der Waals surface area contributed by atoms with Gasteiger partial charge in [0.2, 0.25) is 0 Å². The van der Waals surface area contributed by atoms with E-state index in [0.717, 1.165) is 49.1 Å². The Balaban J connectivity index is 1.72. The molecule has 9 heteroatoms. The van der Waals surface area contributed by atoms with Crippen LogP contribution in [0.15, 0.2) is 18.5 Å². The molecule has 1 aliphatic rings. The number of fused-ring (bicyclic) bond motifs is 1. The van der Waals surface area contributed by atoms with Crippen molar-refractivity contribution < 1.29 is 23.1 Å². The van der Waals surface area contributed by atoms with Gasteiger partial charge in [-0.15, -0.1) is 0 Å². The summed E-state index contributed by atoms with van der Waals surface area (Å²) in [5, 5.41) is 0.946. The summed E-state index contributed by atoms with van der Waals surface area (Å²) in [5.41, 5.74) is 0.825. The Morgan fingerprint density at radius 1 is 1.04 bits per heavy atom. The lowest BCUT2D eigenvalue weighted by Gasteiger charge is -2.33. The molecule has 0 radical (unpaired) electrons. The standard InChI is InChI=1S/C19H28N3O5P/c1-24-17-11-15-16(12-18(17)25-2)20-13-21-19(15)22-8-5-14(6-9-22)7-10-28(23,26-3)27-4/h11-14H,5-10H2,1-4H3. The number of piperidine rings is 1. The molecule has 0 bridgehead atoms. The molecule has 2 heterocycles. The van der Waals surface area contributed by atoms with Crippen molar-refractivity contribution in [1.29, 1.82) is 0 Å². The topological polar surface area (TPSA) is 83.0 Å². The van der Waals surface area contributed by atoms with E-state index in [9.17, 15) is 4.57 Å². The van der Waals surface area contributed by atoms with Gasteiger partial charge in [-0.05, 0) is 31.2 Å². The van der Waals surface area contributed by atoms with Crippen LogP contribution in [0.3, 0.4) is 0 Å². The molecule has 0 N–H and O–H groups in total. The van der Waals surface area contributed by atoms with Gasteiger partial charge in [-0.25, -0.2) is 9.97 Å². The van der Waals surface area contributed by atoms with Gasteiger partial charge in [-0.2, -0.15) is 0 Å². The number of rotatable bonds is 8. The lowest BCUT2D eigenvalue weighted by Crippen LogP contribution is -2.34. The number of aromatic nitrogens is 2. The van der Waals surface area contributed by atoms with Crippen LogP contribution in [0.5, 0.6) is 11.5 Å². The summed E-state index contributed by atoms with van der Waals surface area (Å²) in [5.74, 6) is 2.72. The van der Waals surface area contributed by atoms with Gasteiger partial charge in [-0.1, -0.05) is 0 Å². The SMILES string of the molecule is COc1cc2ncnc(N3CCC(CCP(=O)(OC)OC)CC3)c2cc1OC. The highest BCUT2D eigenvalue weighted by Gasteiger charge is 2.27. The van der Waals surface area contributed by atoms with Crippen LogP contribution >= 0.6 is 7.60 Å². The van der Waals surface area contributed by atoms with Gasteiger partial charge in [0.15, 0.2) is 11.5 Å². The number of hydrogen-bond acceptors (Lipinski definition) is 8. The van der Waals surface area contributed by atoms with Gasteiger partial charge in [-0.3, -0.25) is 4.57 Å². The predicted molar refractivity (Wildman–Crippen MR) is 109 cm³/mol. The Bertz CT molecular complexity index is 847. The minimum absolute atomic E-state index is 0.456. The molecular formula is C19H28N3O5P. The highest BCUT2D eigenvalue weighted by molar-refractivity contribution is 7.53. The average Bonchev–Trinajstić information content (AvgIpc) is 2.76. The second-order valence-electron chi connectivity index (χ2n) is 6.84. The minimum atomic E-state index is -2.93. The number of anilines is 1. The summed E-state index contributed by atoms with van der Waals surface area (Å²) in [6, 6.07) is 3.81. The summed E-state index contributed by atoms with van der Waals surface area (Å²) in [4.78, 5) is 11.2. The lowest BCUT2D eigenvalue weighted by atomic mass is 9.94. The molecule has 28 heavy (non-hydrogen) atoms. The second-order valence-corrected chi connectivity index (χ2v) is 9.24. The fourth-order valence-electron chi connectivity index (χ4n) is 3.65. The Morgan fingerprint density at radius 2 is 1.68 bits per heavy atom. The van der Waals surface area contributed by atoms with Crippen molar-refractivity contribution >= 4 is 24.3 Å². The van der Waals surface area contributed by atoms with Gasteiger partial charge in [0.25, 0.3) is 0 Å². The Labute approximate surface area is 165 Å². The molecule has 1 aliphatic heterocycles. The second kappa shape index (κ2) is 9.07. The summed E-state index contributed by atoms with van der Waals surface area (Å²) >= 11 is 0. The van der Waals surface area contributed by atoms with Gasteiger partial charge in [0.1, 0.15) is 12.1 Å². The third-order valence-corrected chi connectivity index (χ3v) is 7.32. The molecule has 2 aromatic rings. The molecule has 0 saturated carbocycles. The molecule has 1 aromatic heterocycles. The summed E-state index contributed by atoms with van der Waals surface area (Å²) in [7, 11) is 3.19. The average molecular weight is 409 g/mol. The molecule has 8 nitrogen and oxygen atoms in total. The fraction of sp³-hybridized carbons (Fsp3) is 0.579. The molecule has 0 spiro atoms. The molecular weight excluding hydrogens is 381 g/mol. The van der Waals surface area contributed by atoms with Crippen LogP contribution in [0, 0.1) is 5.92 Å². The molecule has 1 aromatic carbocycles. The minimum Gasteiger partial charge on any atom is -0.493 e. The quantitative estimate of drug-likeness (QED) is 0.610. The monoisotopic (exact) mass is 409 g/mol. The van der Waals surface area contributed by atoms with Crippen molar-refractivity contribution in [2.45, 2.75) is 19.3 Å². The zero-order valence-electron chi connectivity index (χ0n) is 16.9. The lowest BCUT2D eigenvalue weighted by molar-refractivity contribution is 0.270. The van der Waals surface area contributed by atoms with E-state index in [1.165, 1.54) is 14.2 Å². The molecule has 3 rings (SSSR count). The van der Waals surface area contributed by atoms with E-state index >= 15 is 0 Å². The van der Waals surface area contributed by atoms with E-state index in [4.69, 9.17) is 18.5 Å². The molecule has 0 aliphatic carbocycles. The van der Waals surface area contributed by atoms with Gasteiger partial charge >= 0.3 is 7.60 Å². The maximum atomic E-state index is 12.2.